The summed E-state index contributed by atoms with van der Waals surface area (Å²) in [6.45, 7) is 5.50. The van der Waals surface area contributed by atoms with Gasteiger partial charge in [0.1, 0.15) is 17.9 Å². The van der Waals surface area contributed by atoms with Gasteiger partial charge in [-0.1, -0.05) is 35.5 Å². The van der Waals surface area contributed by atoms with Gasteiger partial charge in [-0.05, 0) is 80.1 Å². The number of piperazine rings is 1. The fraction of sp³-hybridized carbons (Fsp3) is 0.386. The number of hydrogen-bond acceptors (Lipinski definition) is 13. The quantitative estimate of drug-likeness (QED) is 0.171. The molecule has 17 heteroatoms. The lowest BCUT2D eigenvalue weighted by molar-refractivity contribution is -0.136. The third-order valence-corrected chi connectivity index (χ3v) is 12.8. The number of piperidine rings is 2. The van der Waals surface area contributed by atoms with Gasteiger partial charge >= 0.3 is 0 Å². The van der Waals surface area contributed by atoms with Crippen LogP contribution >= 0.6 is 0 Å². The summed E-state index contributed by atoms with van der Waals surface area (Å²) in [7, 11) is 0. The van der Waals surface area contributed by atoms with Gasteiger partial charge in [0, 0.05) is 80.9 Å². The van der Waals surface area contributed by atoms with Crippen molar-refractivity contribution in [3.05, 3.63) is 101 Å². The predicted molar refractivity (Wildman–Crippen MR) is 230 cm³/mol. The number of carbonyl (C=O) groups is 3. The van der Waals surface area contributed by atoms with E-state index >= 15 is 0 Å². The van der Waals surface area contributed by atoms with Gasteiger partial charge in [-0.25, -0.2) is 15.0 Å². The first-order valence-electron chi connectivity index (χ1n) is 21.2. The van der Waals surface area contributed by atoms with Crippen LogP contribution in [0.25, 0.3) is 22.1 Å². The number of aromatic nitrogens is 7. The summed E-state index contributed by atoms with van der Waals surface area (Å²) in [6.07, 6.45) is 8.00. The number of fused-ring (bicyclic) bond motifs is 2. The Morgan fingerprint density at radius 3 is 2.31 bits per heavy atom. The smallest absolute Gasteiger partial charge is 0.278 e. The van der Waals surface area contributed by atoms with Crippen LogP contribution in [0.1, 0.15) is 56.2 Å². The second kappa shape index (κ2) is 16.4. The van der Waals surface area contributed by atoms with Crippen molar-refractivity contribution in [2.45, 2.75) is 69.1 Å². The zero-order valence-electron chi connectivity index (χ0n) is 33.7. The van der Waals surface area contributed by atoms with E-state index in [1.165, 1.54) is 5.69 Å². The van der Waals surface area contributed by atoms with Crippen LogP contribution in [0.4, 0.5) is 22.9 Å². The first-order chi connectivity index (χ1) is 29.8. The predicted octanol–water partition coefficient (Wildman–Crippen LogP) is 3.51. The number of hydrogen-bond donors (Lipinski definition) is 3. The first-order valence-corrected chi connectivity index (χ1v) is 21.2. The van der Waals surface area contributed by atoms with Gasteiger partial charge < -0.3 is 25.0 Å². The molecule has 1 atom stereocenters. The largest absolute Gasteiger partial charge is 0.371 e. The highest BCUT2D eigenvalue weighted by atomic mass is 16.2. The fourth-order valence-corrected chi connectivity index (χ4v) is 9.29. The van der Waals surface area contributed by atoms with Crippen molar-refractivity contribution in [2.75, 3.05) is 54.4 Å². The first kappa shape index (κ1) is 38.5. The minimum Gasteiger partial charge on any atom is -0.371 e. The molecule has 4 fully saturated rings. The number of benzene rings is 3. The Labute approximate surface area is 351 Å². The number of amides is 3. The molecule has 6 heterocycles. The van der Waals surface area contributed by atoms with Gasteiger partial charge in [0.25, 0.3) is 11.5 Å². The van der Waals surface area contributed by atoms with Gasteiger partial charge in [0.05, 0.1) is 18.1 Å². The molecule has 1 aliphatic carbocycles. The number of carbonyl (C=O) groups excluding carboxylic acids is 3. The Balaban J connectivity index is 0.703. The molecular formula is C44H47N13O4. The van der Waals surface area contributed by atoms with Crippen LogP contribution in [0.15, 0.2) is 90.2 Å². The molecule has 1 unspecified atom stereocenters. The van der Waals surface area contributed by atoms with Gasteiger partial charge in [-0.2, -0.15) is 4.68 Å². The number of imidazole rings is 1. The van der Waals surface area contributed by atoms with Crippen LogP contribution in [-0.4, -0.2) is 108 Å². The van der Waals surface area contributed by atoms with E-state index in [0.717, 1.165) is 97.7 Å². The second-order valence-corrected chi connectivity index (χ2v) is 16.5. The minimum atomic E-state index is -0.849. The topological polar surface area (TPSA) is 188 Å². The number of nitrogens with zero attached hydrogens (tertiary/aromatic N) is 10. The molecule has 3 aromatic carbocycles. The van der Waals surface area contributed by atoms with Crippen LogP contribution in [-0.2, 0) is 20.8 Å². The van der Waals surface area contributed by atoms with Crippen molar-refractivity contribution in [3.8, 4) is 0 Å². The third kappa shape index (κ3) is 7.88. The molecular weight excluding hydrogens is 775 g/mol. The van der Waals surface area contributed by atoms with Crippen molar-refractivity contribution in [1.82, 2.24) is 50.0 Å². The van der Waals surface area contributed by atoms with Gasteiger partial charge in [0.2, 0.25) is 11.8 Å². The molecule has 3 aromatic heterocycles. The molecule has 4 aliphatic rings. The Morgan fingerprint density at radius 1 is 0.787 bits per heavy atom. The SMILES string of the molecule is O=C1CCC(n2nnc3ccc(N4CCN(C5CCN(c6ccc(Nc7ncnc8c7ncn8C7CC(NC(=O)Cc8ccccc8)C7)cc6)CC5)CC4)cc3c2=O)C(=O)N1. The van der Waals surface area contributed by atoms with E-state index in [-0.39, 0.29) is 42.3 Å². The normalized spacial score (nSPS) is 21.3. The van der Waals surface area contributed by atoms with E-state index in [0.29, 0.717) is 29.2 Å². The average molecular weight is 822 g/mol. The van der Waals surface area contributed by atoms with Crippen molar-refractivity contribution in [3.63, 3.8) is 0 Å². The molecule has 10 rings (SSSR count). The zero-order valence-corrected chi connectivity index (χ0v) is 33.7. The molecule has 6 aromatic rings. The summed E-state index contributed by atoms with van der Waals surface area (Å²) in [4.78, 5) is 71.2. The molecule has 61 heavy (non-hydrogen) atoms. The van der Waals surface area contributed by atoms with Crippen LogP contribution in [0.3, 0.4) is 0 Å². The van der Waals surface area contributed by atoms with E-state index in [4.69, 9.17) is 0 Å². The number of rotatable bonds is 10. The van der Waals surface area contributed by atoms with Crippen molar-refractivity contribution >= 4 is 62.7 Å². The monoisotopic (exact) mass is 821 g/mol. The average Bonchev–Trinajstić information content (AvgIpc) is 3.70. The van der Waals surface area contributed by atoms with Crippen LogP contribution in [0, 0.1) is 0 Å². The summed E-state index contributed by atoms with van der Waals surface area (Å²) in [6, 6.07) is 24.0. The Bertz CT molecular complexity index is 2650. The lowest BCUT2D eigenvalue weighted by Crippen LogP contribution is -2.53. The highest BCUT2D eigenvalue weighted by molar-refractivity contribution is 5.99. The Morgan fingerprint density at radius 2 is 1.54 bits per heavy atom. The van der Waals surface area contributed by atoms with Crippen LogP contribution < -0.4 is 31.3 Å². The Kier molecular flexibility index (Phi) is 10.3. The lowest BCUT2D eigenvalue weighted by Gasteiger charge is -2.43. The van der Waals surface area contributed by atoms with Crippen LogP contribution in [0.5, 0.6) is 0 Å². The van der Waals surface area contributed by atoms with E-state index in [9.17, 15) is 19.2 Å². The molecule has 0 spiro atoms. The van der Waals surface area contributed by atoms with Gasteiger partial charge in [0.15, 0.2) is 17.0 Å². The molecule has 3 amide bonds. The minimum absolute atomic E-state index is 0.0459. The van der Waals surface area contributed by atoms with Gasteiger partial charge in [-0.15, -0.1) is 5.10 Å². The summed E-state index contributed by atoms with van der Waals surface area (Å²) in [5.41, 5.74) is 5.67. The van der Waals surface area contributed by atoms with E-state index in [1.807, 2.05) is 54.9 Å². The fourth-order valence-electron chi connectivity index (χ4n) is 9.29. The molecule has 0 bridgehead atoms. The summed E-state index contributed by atoms with van der Waals surface area (Å²) in [5, 5.41) is 17.6. The van der Waals surface area contributed by atoms with Crippen molar-refractivity contribution < 1.29 is 14.4 Å². The van der Waals surface area contributed by atoms with Gasteiger partial charge in [-0.3, -0.25) is 29.4 Å². The highest BCUT2D eigenvalue weighted by Gasteiger charge is 2.34. The molecule has 3 aliphatic heterocycles. The molecule has 312 valence electrons. The summed E-state index contributed by atoms with van der Waals surface area (Å²) in [5.74, 6) is -0.160. The number of anilines is 4. The molecule has 0 radical (unpaired) electrons. The maximum absolute atomic E-state index is 13.4. The molecule has 3 N–H and O–H groups in total. The lowest BCUT2D eigenvalue weighted by atomic mass is 9.86. The van der Waals surface area contributed by atoms with E-state index in [1.54, 1.807) is 6.33 Å². The standard InChI is InChI=1S/C44H47N13O4/c58-38-13-12-37(43(60)50-38)57-44(61)35-25-33(10-11-36(35)51-52-57)55-20-18-54(19-21-55)32-14-16-53(17-15-32)31-8-6-29(7-9-31)49-41-40-42(46-26-45-41)56(27-47-40)34-23-30(24-34)48-39(59)22-28-4-2-1-3-5-28/h1-11,25-27,30,32,34,37H,12-24H2,(H,48,59)(H,45,46,49)(H,50,58,60). The molecule has 17 nitrogen and oxygen atoms in total. The highest BCUT2D eigenvalue weighted by Crippen LogP contribution is 2.36. The Hall–Kier alpha value is -6.75. The van der Waals surface area contributed by atoms with Crippen LogP contribution in [0.2, 0.25) is 0 Å². The number of nitrogens with one attached hydrogen (secondary N) is 3. The summed E-state index contributed by atoms with van der Waals surface area (Å²) >= 11 is 0. The van der Waals surface area contributed by atoms with Crippen molar-refractivity contribution in [1.29, 1.82) is 0 Å². The zero-order chi connectivity index (χ0) is 41.5. The maximum Gasteiger partial charge on any atom is 0.278 e. The third-order valence-electron chi connectivity index (χ3n) is 12.8. The second-order valence-electron chi connectivity index (χ2n) is 16.5. The van der Waals surface area contributed by atoms with Crippen molar-refractivity contribution in [2.24, 2.45) is 0 Å². The molecule has 1 saturated carbocycles. The summed E-state index contributed by atoms with van der Waals surface area (Å²) < 4.78 is 3.21. The van der Waals surface area contributed by atoms with E-state index in [2.05, 4.69) is 84.7 Å². The number of imide groups is 1. The maximum atomic E-state index is 13.4. The molecule has 3 saturated heterocycles. The van der Waals surface area contributed by atoms with E-state index < -0.39 is 11.9 Å².